The van der Waals surface area contributed by atoms with Crippen molar-refractivity contribution in [3.63, 3.8) is 0 Å². The van der Waals surface area contributed by atoms with E-state index < -0.39 is 0 Å². The van der Waals surface area contributed by atoms with Crippen molar-refractivity contribution in [1.82, 2.24) is 15.5 Å². The van der Waals surface area contributed by atoms with E-state index in [2.05, 4.69) is 10.6 Å². The van der Waals surface area contributed by atoms with E-state index in [1.54, 1.807) is 12.1 Å². The second-order valence-electron chi connectivity index (χ2n) is 8.47. The molecule has 0 aromatic heterocycles. The molecule has 1 heterocycles. The summed E-state index contributed by atoms with van der Waals surface area (Å²) >= 11 is 5.64. The predicted octanol–water partition coefficient (Wildman–Crippen LogP) is 3.79. The van der Waals surface area contributed by atoms with Gasteiger partial charge in [-0.1, -0.05) is 49.6 Å². The highest BCUT2D eigenvalue weighted by atomic mass is 32.1. The molecule has 2 aliphatic rings. The van der Waals surface area contributed by atoms with E-state index >= 15 is 0 Å². The summed E-state index contributed by atoms with van der Waals surface area (Å²) in [5.41, 5.74) is 0.603. The first-order valence-electron chi connectivity index (χ1n) is 11.5. The molecule has 2 N–H and O–H groups in total. The Bertz CT molecular complexity index is 967. The largest absolute Gasteiger partial charge is 0.486 e. The monoisotopic (exact) mass is 471 g/mol. The van der Waals surface area contributed by atoms with Crippen molar-refractivity contribution in [3.8, 4) is 11.5 Å². The van der Waals surface area contributed by atoms with Crippen LogP contribution in [0.5, 0.6) is 11.5 Å². The van der Waals surface area contributed by atoms with Crippen molar-refractivity contribution in [2.75, 3.05) is 19.7 Å². The average molecular weight is 472 g/mol. The van der Waals surface area contributed by atoms with Crippen LogP contribution in [0.3, 0.4) is 0 Å². The molecule has 1 atom stereocenters. The van der Waals surface area contributed by atoms with Crippen LogP contribution in [-0.2, 0) is 11.3 Å². The lowest BCUT2D eigenvalue weighted by atomic mass is 9.94. The number of hydrogen-bond donors (Lipinski definition) is 2. The maximum atomic E-state index is 14.3. The van der Waals surface area contributed by atoms with Gasteiger partial charge in [-0.2, -0.15) is 0 Å². The number of benzene rings is 2. The molecule has 0 bridgehead atoms. The van der Waals surface area contributed by atoms with Crippen LogP contribution in [0.15, 0.2) is 48.5 Å². The number of rotatable bonds is 7. The van der Waals surface area contributed by atoms with Gasteiger partial charge in [-0.25, -0.2) is 4.39 Å². The Balaban J connectivity index is 1.28. The number of carbonyl (C=O) groups is 1. The van der Waals surface area contributed by atoms with Gasteiger partial charge in [0, 0.05) is 18.2 Å². The van der Waals surface area contributed by atoms with Crippen LogP contribution in [0, 0.1) is 5.82 Å². The minimum absolute atomic E-state index is 0.0451. The van der Waals surface area contributed by atoms with E-state index in [0.717, 1.165) is 25.7 Å². The minimum Gasteiger partial charge on any atom is -0.486 e. The summed E-state index contributed by atoms with van der Waals surface area (Å²) < 4.78 is 25.8. The van der Waals surface area contributed by atoms with E-state index in [1.807, 2.05) is 35.2 Å². The van der Waals surface area contributed by atoms with E-state index in [0.29, 0.717) is 41.9 Å². The number of hydrogen-bond acceptors (Lipinski definition) is 4. The number of para-hydroxylation sites is 2. The van der Waals surface area contributed by atoms with E-state index in [9.17, 15) is 9.18 Å². The van der Waals surface area contributed by atoms with Crippen LogP contribution < -0.4 is 20.1 Å². The fraction of sp³-hybridized carbons (Fsp3) is 0.440. The SMILES string of the molecule is O=C(CNC(=S)N(Cc1ccccc1F)C1CCCCC1)NCC1COc2ccccc2O1. The zero-order valence-corrected chi connectivity index (χ0v) is 19.4. The Morgan fingerprint density at radius 3 is 2.55 bits per heavy atom. The lowest BCUT2D eigenvalue weighted by Gasteiger charge is -2.36. The van der Waals surface area contributed by atoms with Gasteiger partial charge in [-0.3, -0.25) is 4.79 Å². The topological polar surface area (TPSA) is 62.8 Å². The normalized spacial score (nSPS) is 17.8. The highest BCUT2D eigenvalue weighted by molar-refractivity contribution is 7.80. The Morgan fingerprint density at radius 2 is 1.76 bits per heavy atom. The molecule has 0 spiro atoms. The van der Waals surface area contributed by atoms with Crippen LogP contribution in [0.1, 0.15) is 37.7 Å². The third kappa shape index (κ3) is 6.35. The summed E-state index contributed by atoms with van der Waals surface area (Å²) in [4.78, 5) is 14.5. The highest BCUT2D eigenvalue weighted by Gasteiger charge is 2.25. The smallest absolute Gasteiger partial charge is 0.239 e. The molecule has 1 amide bonds. The van der Waals surface area contributed by atoms with Gasteiger partial charge in [0.25, 0.3) is 0 Å². The summed E-state index contributed by atoms with van der Waals surface area (Å²) in [6.45, 7) is 1.14. The molecule has 1 aliphatic carbocycles. The molecule has 0 radical (unpaired) electrons. The number of amides is 1. The Hall–Kier alpha value is -2.87. The molecule has 1 fully saturated rings. The fourth-order valence-corrected chi connectivity index (χ4v) is 4.57. The van der Waals surface area contributed by atoms with Crippen LogP contribution in [0.2, 0.25) is 0 Å². The lowest BCUT2D eigenvalue weighted by Crippen LogP contribution is -2.49. The second-order valence-corrected chi connectivity index (χ2v) is 8.86. The average Bonchev–Trinajstić information content (AvgIpc) is 2.86. The van der Waals surface area contributed by atoms with Crippen LogP contribution in [0.4, 0.5) is 4.39 Å². The van der Waals surface area contributed by atoms with Gasteiger partial charge in [0.05, 0.1) is 13.1 Å². The molecule has 176 valence electrons. The number of nitrogens with one attached hydrogen (secondary N) is 2. The highest BCUT2D eigenvalue weighted by Crippen LogP contribution is 2.30. The van der Waals surface area contributed by atoms with Crippen molar-refractivity contribution >= 4 is 23.2 Å². The van der Waals surface area contributed by atoms with Crippen molar-refractivity contribution in [2.45, 2.75) is 50.8 Å². The number of nitrogens with zero attached hydrogens (tertiary/aromatic N) is 1. The molecule has 8 heteroatoms. The van der Waals surface area contributed by atoms with Gasteiger partial charge in [0.1, 0.15) is 18.5 Å². The first-order valence-corrected chi connectivity index (χ1v) is 11.9. The van der Waals surface area contributed by atoms with Crippen LogP contribution >= 0.6 is 12.2 Å². The van der Waals surface area contributed by atoms with E-state index in [1.165, 1.54) is 12.5 Å². The lowest BCUT2D eigenvalue weighted by molar-refractivity contribution is -0.120. The van der Waals surface area contributed by atoms with Gasteiger partial charge < -0.3 is 25.0 Å². The summed E-state index contributed by atoms with van der Waals surface area (Å²) in [5.74, 6) is 0.965. The third-order valence-electron chi connectivity index (χ3n) is 6.07. The third-order valence-corrected chi connectivity index (χ3v) is 6.45. The van der Waals surface area contributed by atoms with Gasteiger partial charge >= 0.3 is 0 Å². The van der Waals surface area contributed by atoms with E-state index in [4.69, 9.17) is 21.7 Å². The first-order chi connectivity index (χ1) is 16.1. The van der Waals surface area contributed by atoms with Crippen molar-refractivity contribution < 1.29 is 18.7 Å². The standard InChI is InChI=1S/C25H30FN3O3S/c26-21-11-5-4-8-18(21)16-29(19-9-2-1-3-10-19)25(33)28-15-24(30)27-14-20-17-31-22-12-6-7-13-23(22)32-20/h4-8,11-13,19-20H,1-3,9-10,14-17H2,(H,27,30)(H,28,33). The molecule has 6 nitrogen and oxygen atoms in total. The molecule has 1 unspecified atom stereocenters. The minimum atomic E-state index is -0.254. The maximum Gasteiger partial charge on any atom is 0.239 e. The molecule has 1 saturated carbocycles. The Kier molecular flexibility index (Phi) is 7.99. The number of thiocarbonyl (C=S) groups is 1. The zero-order valence-electron chi connectivity index (χ0n) is 18.6. The van der Waals surface area contributed by atoms with Crippen molar-refractivity contribution in [2.24, 2.45) is 0 Å². The zero-order chi connectivity index (χ0) is 23.0. The van der Waals surface area contributed by atoms with Crippen LogP contribution in [-0.4, -0.2) is 47.8 Å². The first kappa shape index (κ1) is 23.3. The predicted molar refractivity (Wildman–Crippen MR) is 129 cm³/mol. The fourth-order valence-electron chi connectivity index (χ4n) is 4.28. The van der Waals surface area contributed by atoms with E-state index in [-0.39, 0.29) is 30.4 Å². The summed E-state index contributed by atoms with van der Waals surface area (Å²) in [5, 5.41) is 6.42. The maximum absolute atomic E-state index is 14.3. The second kappa shape index (κ2) is 11.3. The molecule has 4 rings (SSSR count). The Morgan fingerprint density at radius 1 is 1.03 bits per heavy atom. The van der Waals surface area contributed by atoms with Gasteiger partial charge in [0.15, 0.2) is 16.6 Å². The van der Waals surface area contributed by atoms with Crippen molar-refractivity contribution in [3.05, 3.63) is 59.9 Å². The molecule has 1 aliphatic heterocycles. The van der Waals surface area contributed by atoms with Gasteiger partial charge in [0.2, 0.25) is 5.91 Å². The number of carbonyl (C=O) groups excluding carboxylic acids is 1. The molecule has 33 heavy (non-hydrogen) atoms. The molecular weight excluding hydrogens is 441 g/mol. The number of fused-ring (bicyclic) bond motifs is 1. The molecular formula is C25H30FN3O3S. The molecule has 2 aromatic carbocycles. The molecule has 2 aromatic rings. The summed E-state index contributed by atoms with van der Waals surface area (Å²) in [6.07, 6.45) is 5.26. The van der Waals surface area contributed by atoms with Gasteiger partial charge in [-0.05, 0) is 43.3 Å². The Labute approximate surface area is 199 Å². The summed E-state index contributed by atoms with van der Waals surface area (Å²) in [6, 6.07) is 14.5. The molecule has 0 saturated heterocycles. The van der Waals surface area contributed by atoms with Crippen LogP contribution in [0.25, 0.3) is 0 Å². The van der Waals surface area contributed by atoms with Crippen molar-refractivity contribution in [1.29, 1.82) is 0 Å². The van der Waals surface area contributed by atoms with Gasteiger partial charge in [-0.15, -0.1) is 0 Å². The summed E-state index contributed by atoms with van der Waals surface area (Å²) in [7, 11) is 0. The number of halogens is 1. The quantitative estimate of drug-likeness (QED) is 0.599. The number of ether oxygens (including phenoxy) is 2.